The molecule has 0 bridgehead atoms. The average Bonchev–Trinajstić information content (AvgIpc) is 3.05. The molecule has 0 unspecified atom stereocenters. The molecule has 0 saturated carbocycles. The first-order valence-corrected chi connectivity index (χ1v) is 8.37. The zero-order chi connectivity index (χ0) is 15.8. The molecule has 0 fully saturated rings. The third kappa shape index (κ3) is 2.35. The molecule has 0 radical (unpaired) electrons. The van der Waals surface area contributed by atoms with Crippen LogP contribution in [0.4, 0.5) is 5.69 Å². The lowest BCUT2D eigenvalue weighted by Gasteiger charge is -2.27. The fourth-order valence-corrected chi connectivity index (χ4v) is 3.58. The highest BCUT2D eigenvalue weighted by Gasteiger charge is 2.28. The maximum atomic E-state index is 4.60. The topological polar surface area (TPSA) is 27.6 Å². The number of para-hydroxylation sites is 1. The van der Waals surface area contributed by atoms with Gasteiger partial charge in [-0.2, -0.15) is 4.40 Å². The van der Waals surface area contributed by atoms with E-state index < -0.39 is 0 Å². The minimum atomic E-state index is 0.963. The summed E-state index contributed by atoms with van der Waals surface area (Å²) >= 11 is 1.39. The van der Waals surface area contributed by atoms with E-state index in [9.17, 15) is 0 Å². The minimum absolute atomic E-state index is 0.963. The standard InChI is InChI=1S/C19H17N3S/c1-13-7-3-5-9-15(13)16-11-12-22(19-18(16)20-23-21-19)17-10-6-4-8-14(17)2/h3-12,20H,1-2H3. The molecule has 2 aromatic carbocycles. The molecule has 1 N–H and O–H groups in total. The van der Waals surface area contributed by atoms with Gasteiger partial charge < -0.3 is 4.72 Å². The Morgan fingerprint density at radius 3 is 2.48 bits per heavy atom. The number of amidine groups is 1. The first kappa shape index (κ1) is 14.2. The molecular formula is C19H17N3S. The predicted octanol–water partition coefficient (Wildman–Crippen LogP) is 4.61. The second-order valence-corrected chi connectivity index (χ2v) is 6.25. The summed E-state index contributed by atoms with van der Waals surface area (Å²) in [6.07, 6.45) is 4.28. The van der Waals surface area contributed by atoms with Gasteiger partial charge in [-0.1, -0.05) is 42.5 Å². The van der Waals surface area contributed by atoms with Crippen LogP contribution in [-0.4, -0.2) is 5.84 Å². The Balaban J connectivity index is 1.82. The van der Waals surface area contributed by atoms with Crippen LogP contribution in [0.2, 0.25) is 0 Å². The van der Waals surface area contributed by atoms with E-state index >= 15 is 0 Å². The molecule has 4 heteroatoms. The van der Waals surface area contributed by atoms with Gasteiger partial charge in [0.2, 0.25) is 0 Å². The van der Waals surface area contributed by atoms with Gasteiger partial charge in [-0.05, 0) is 42.7 Å². The summed E-state index contributed by atoms with van der Waals surface area (Å²) in [5.41, 5.74) is 7.17. The van der Waals surface area contributed by atoms with Crippen molar-refractivity contribution in [2.45, 2.75) is 13.8 Å². The summed E-state index contributed by atoms with van der Waals surface area (Å²) in [5.74, 6) is 0.963. The molecule has 0 aromatic heterocycles. The Bertz CT molecular complexity index is 864. The monoisotopic (exact) mass is 319 g/mol. The molecule has 0 spiro atoms. The Hall–Kier alpha value is -2.46. The van der Waals surface area contributed by atoms with Gasteiger partial charge in [-0.25, -0.2) is 0 Å². The fourth-order valence-electron chi connectivity index (χ4n) is 2.97. The molecule has 4 rings (SSSR count). The maximum Gasteiger partial charge on any atom is 0.172 e. The van der Waals surface area contributed by atoms with Gasteiger partial charge in [0.15, 0.2) is 5.84 Å². The van der Waals surface area contributed by atoms with E-state index in [4.69, 9.17) is 0 Å². The third-order valence-corrected chi connectivity index (χ3v) is 4.76. The molecule has 0 aliphatic carbocycles. The molecule has 2 aliphatic rings. The van der Waals surface area contributed by atoms with E-state index in [-0.39, 0.29) is 0 Å². The maximum absolute atomic E-state index is 4.60. The number of fused-ring (bicyclic) bond motifs is 1. The Labute approximate surface area is 140 Å². The molecule has 0 atom stereocenters. The van der Waals surface area contributed by atoms with Crippen LogP contribution in [0.25, 0.3) is 5.57 Å². The lowest BCUT2D eigenvalue weighted by molar-refractivity contribution is 1.23. The van der Waals surface area contributed by atoms with E-state index in [1.165, 1.54) is 34.4 Å². The Kier molecular flexibility index (Phi) is 3.46. The first-order chi connectivity index (χ1) is 11.3. The van der Waals surface area contributed by atoms with Crippen LogP contribution >= 0.6 is 12.1 Å². The molecular weight excluding hydrogens is 302 g/mol. The normalized spacial score (nSPS) is 16.3. The van der Waals surface area contributed by atoms with E-state index in [0.29, 0.717) is 0 Å². The fraction of sp³-hybridized carbons (Fsp3) is 0.105. The molecule has 2 heterocycles. The second kappa shape index (κ2) is 5.63. The summed E-state index contributed by atoms with van der Waals surface area (Å²) in [5, 5.41) is 0. The van der Waals surface area contributed by atoms with Crippen molar-refractivity contribution >= 4 is 29.2 Å². The van der Waals surface area contributed by atoms with E-state index in [0.717, 1.165) is 17.2 Å². The number of anilines is 1. The van der Waals surface area contributed by atoms with Crippen molar-refractivity contribution in [2.24, 2.45) is 4.40 Å². The lowest BCUT2D eigenvalue weighted by Crippen LogP contribution is -2.31. The zero-order valence-electron chi connectivity index (χ0n) is 13.1. The van der Waals surface area contributed by atoms with Crippen LogP contribution in [0.1, 0.15) is 16.7 Å². The summed E-state index contributed by atoms with van der Waals surface area (Å²) in [6, 6.07) is 16.8. The summed E-state index contributed by atoms with van der Waals surface area (Å²) in [7, 11) is 0. The van der Waals surface area contributed by atoms with Gasteiger partial charge in [0.1, 0.15) is 0 Å². The number of nitrogens with one attached hydrogen (secondary N) is 1. The summed E-state index contributed by atoms with van der Waals surface area (Å²) in [6.45, 7) is 4.27. The number of rotatable bonds is 2. The van der Waals surface area contributed by atoms with E-state index in [2.05, 4.69) is 88.7 Å². The Morgan fingerprint density at radius 2 is 1.70 bits per heavy atom. The van der Waals surface area contributed by atoms with Crippen molar-refractivity contribution in [1.82, 2.24) is 4.72 Å². The van der Waals surface area contributed by atoms with Gasteiger partial charge in [0.25, 0.3) is 0 Å². The van der Waals surface area contributed by atoms with Gasteiger partial charge in [0.05, 0.1) is 17.8 Å². The SMILES string of the molecule is Cc1ccccc1C1=C2NSN=C2N(c2ccccc2C)C=C1. The first-order valence-electron chi connectivity index (χ1n) is 7.59. The number of aryl methyl sites for hydroxylation is 2. The van der Waals surface area contributed by atoms with Gasteiger partial charge >= 0.3 is 0 Å². The minimum Gasteiger partial charge on any atom is -0.307 e. The number of nitrogens with zero attached hydrogens (tertiary/aromatic N) is 2. The lowest BCUT2D eigenvalue weighted by atomic mass is 9.96. The molecule has 2 aromatic rings. The zero-order valence-corrected chi connectivity index (χ0v) is 13.9. The quantitative estimate of drug-likeness (QED) is 0.819. The van der Waals surface area contributed by atoms with Crippen molar-refractivity contribution in [3.05, 3.63) is 83.2 Å². The van der Waals surface area contributed by atoms with Crippen molar-refractivity contribution in [2.75, 3.05) is 4.90 Å². The van der Waals surface area contributed by atoms with Crippen LogP contribution in [-0.2, 0) is 0 Å². The molecule has 114 valence electrons. The van der Waals surface area contributed by atoms with Crippen molar-refractivity contribution in [3.8, 4) is 0 Å². The van der Waals surface area contributed by atoms with E-state index in [1.54, 1.807) is 0 Å². The Morgan fingerprint density at radius 1 is 0.957 bits per heavy atom. The largest absolute Gasteiger partial charge is 0.307 e. The number of hydrogen-bond acceptors (Lipinski definition) is 4. The highest BCUT2D eigenvalue weighted by molar-refractivity contribution is 7.96. The van der Waals surface area contributed by atoms with Gasteiger partial charge in [-0.3, -0.25) is 4.90 Å². The van der Waals surface area contributed by atoms with Crippen LogP contribution in [0.5, 0.6) is 0 Å². The van der Waals surface area contributed by atoms with Crippen molar-refractivity contribution in [1.29, 1.82) is 0 Å². The molecule has 2 aliphatic heterocycles. The van der Waals surface area contributed by atoms with Crippen LogP contribution in [0.3, 0.4) is 0 Å². The number of allylic oxidation sites excluding steroid dienone is 2. The van der Waals surface area contributed by atoms with Gasteiger partial charge in [-0.15, -0.1) is 0 Å². The molecule has 0 amide bonds. The predicted molar refractivity (Wildman–Crippen MR) is 99.1 cm³/mol. The number of benzene rings is 2. The van der Waals surface area contributed by atoms with E-state index in [1.807, 2.05) is 0 Å². The van der Waals surface area contributed by atoms with Crippen LogP contribution < -0.4 is 9.62 Å². The molecule has 23 heavy (non-hydrogen) atoms. The van der Waals surface area contributed by atoms with Crippen LogP contribution in [0, 0.1) is 13.8 Å². The molecule has 3 nitrogen and oxygen atoms in total. The third-order valence-electron chi connectivity index (χ3n) is 4.20. The second-order valence-electron chi connectivity index (χ2n) is 5.68. The highest BCUT2D eigenvalue weighted by Crippen LogP contribution is 2.35. The average molecular weight is 319 g/mol. The van der Waals surface area contributed by atoms with Crippen LogP contribution in [0.15, 0.2) is 70.9 Å². The van der Waals surface area contributed by atoms with Crippen molar-refractivity contribution < 1.29 is 0 Å². The smallest absolute Gasteiger partial charge is 0.172 e. The summed E-state index contributed by atoms with van der Waals surface area (Å²) < 4.78 is 7.95. The highest BCUT2D eigenvalue weighted by atomic mass is 32.2. The number of hydrogen-bond donors (Lipinski definition) is 1. The molecule has 0 saturated heterocycles. The van der Waals surface area contributed by atoms with Crippen molar-refractivity contribution in [3.63, 3.8) is 0 Å². The summed E-state index contributed by atoms with van der Waals surface area (Å²) in [4.78, 5) is 2.15. The van der Waals surface area contributed by atoms with Gasteiger partial charge in [0, 0.05) is 17.5 Å².